The third-order valence-corrected chi connectivity index (χ3v) is 3.62. The van der Waals surface area contributed by atoms with Crippen LogP contribution in [0.1, 0.15) is 22.3 Å². The number of methoxy groups -OCH3 is 1. The van der Waals surface area contributed by atoms with Crippen molar-refractivity contribution in [2.24, 2.45) is 0 Å². The van der Waals surface area contributed by atoms with E-state index in [0.717, 1.165) is 0 Å². The van der Waals surface area contributed by atoms with Gasteiger partial charge in [0.1, 0.15) is 0 Å². The van der Waals surface area contributed by atoms with Gasteiger partial charge < -0.3 is 15.2 Å². The normalized spacial score (nSPS) is 12.9. The van der Waals surface area contributed by atoms with Crippen molar-refractivity contribution in [2.45, 2.75) is 18.3 Å². The van der Waals surface area contributed by atoms with Crippen molar-refractivity contribution in [3.8, 4) is 0 Å². The van der Waals surface area contributed by atoms with Crippen molar-refractivity contribution in [3.05, 3.63) is 35.4 Å². The Morgan fingerprint density at radius 2 is 1.95 bits per heavy atom. The van der Waals surface area contributed by atoms with Crippen LogP contribution in [0.4, 0.5) is 0 Å². The number of benzene rings is 1. The minimum absolute atomic E-state index is 0.0435. The molecule has 0 fully saturated rings. The quantitative estimate of drug-likeness (QED) is 0.722. The van der Waals surface area contributed by atoms with E-state index in [9.17, 15) is 18.3 Å². The Labute approximate surface area is 125 Å². The van der Waals surface area contributed by atoms with Crippen molar-refractivity contribution in [1.29, 1.82) is 0 Å². The monoisotopic (exact) mass is 315 g/mol. The second-order valence-electron chi connectivity index (χ2n) is 4.92. The third kappa shape index (κ3) is 7.22. The van der Waals surface area contributed by atoms with E-state index in [-0.39, 0.29) is 18.3 Å². The van der Waals surface area contributed by atoms with Crippen LogP contribution in [-0.4, -0.2) is 52.1 Å². The van der Waals surface area contributed by atoms with Crippen molar-refractivity contribution in [3.63, 3.8) is 0 Å². The molecule has 2 N–H and O–H groups in total. The number of aliphatic hydroxyl groups is 1. The molecule has 0 aromatic heterocycles. The average molecular weight is 315 g/mol. The fourth-order valence-corrected chi connectivity index (χ4v) is 2.58. The number of rotatable bonds is 8. The first-order valence-corrected chi connectivity index (χ1v) is 8.59. The Morgan fingerprint density at radius 3 is 2.48 bits per heavy atom. The SMILES string of the molecule is COCC(O)CCNC(=O)c1ccc(CS(C)(=O)=O)cc1. The smallest absolute Gasteiger partial charge is 0.251 e. The number of aliphatic hydroxyl groups excluding tert-OH is 1. The van der Waals surface area contributed by atoms with E-state index in [1.807, 2.05) is 0 Å². The molecule has 6 nitrogen and oxygen atoms in total. The van der Waals surface area contributed by atoms with Gasteiger partial charge in [0.25, 0.3) is 5.91 Å². The number of ether oxygens (including phenoxy) is 1. The van der Waals surface area contributed by atoms with E-state index < -0.39 is 15.9 Å². The van der Waals surface area contributed by atoms with Crippen molar-refractivity contribution < 1.29 is 23.1 Å². The maximum atomic E-state index is 11.8. The summed E-state index contributed by atoms with van der Waals surface area (Å²) >= 11 is 0. The standard InChI is InChI=1S/C14H21NO5S/c1-20-9-13(16)7-8-15-14(17)12-5-3-11(4-6-12)10-21(2,18)19/h3-6,13,16H,7-10H2,1-2H3,(H,15,17). The summed E-state index contributed by atoms with van der Waals surface area (Å²) in [5.74, 6) is -0.302. The van der Waals surface area contributed by atoms with Crippen LogP contribution in [-0.2, 0) is 20.3 Å². The highest BCUT2D eigenvalue weighted by atomic mass is 32.2. The molecule has 118 valence electrons. The van der Waals surface area contributed by atoms with Crippen LogP contribution in [0.3, 0.4) is 0 Å². The molecular formula is C14H21NO5S. The lowest BCUT2D eigenvalue weighted by Crippen LogP contribution is -2.28. The van der Waals surface area contributed by atoms with Gasteiger partial charge in [-0.15, -0.1) is 0 Å². The number of hydrogen-bond donors (Lipinski definition) is 2. The van der Waals surface area contributed by atoms with Gasteiger partial charge in [0, 0.05) is 25.5 Å². The molecule has 1 aromatic rings. The first kappa shape index (κ1) is 17.6. The second kappa shape index (κ2) is 8.11. The van der Waals surface area contributed by atoms with Crippen LogP contribution in [0.15, 0.2) is 24.3 Å². The van der Waals surface area contributed by atoms with Gasteiger partial charge in [-0.2, -0.15) is 0 Å². The predicted octanol–water partition coefficient (Wildman–Crippen LogP) is 0.358. The molecule has 21 heavy (non-hydrogen) atoms. The molecule has 0 aliphatic carbocycles. The molecule has 0 aliphatic rings. The van der Waals surface area contributed by atoms with Gasteiger partial charge in [-0.05, 0) is 24.1 Å². The molecule has 0 saturated heterocycles. The second-order valence-corrected chi connectivity index (χ2v) is 7.06. The molecule has 0 radical (unpaired) electrons. The first-order chi connectivity index (χ1) is 9.81. The Kier molecular flexibility index (Phi) is 6.80. The predicted molar refractivity (Wildman–Crippen MR) is 79.8 cm³/mol. The zero-order valence-corrected chi connectivity index (χ0v) is 13.0. The minimum atomic E-state index is -3.08. The van der Waals surface area contributed by atoms with Crippen molar-refractivity contribution in [1.82, 2.24) is 5.32 Å². The fourth-order valence-electron chi connectivity index (χ4n) is 1.79. The largest absolute Gasteiger partial charge is 0.391 e. The van der Waals surface area contributed by atoms with Crippen LogP contribution in [0.25, 0.3) is 0 Å². The summed E-state index contributed by atoms with van der Waals surface area (Å²) in [5, 5.41) is 12.1. The molecule has 1 atom stereocenters. The molecule has 0 aliphatic heterocycles. The number of carbonyl (C=O) groups excluding carboxylic acids is 1. The van der Waals surface area contributed by atoms with Crippen LogP contribution in [0.5, 0.6) is 0 Å². The molecule has 0 spiro atoms. The molecule has 7 heteroatoms. The average Bonchev–Trinajstić information content (AvgIpc) is 2.38. The van der Waals surface area contributed by atoms with E-state index in [2.05, 4.69) is 5.32 Å². The highest BCUT2D eigenvalue weighted by Gasteiger charge is 2.09. The fraction of sp³-hybridized carbons (Fsp3) is 0.500. The van der Waals surface area contributed by atoms with Gasteiger partial charge in [-0.1, -0.05) is 12.1 Å². The van der Waals surface area contributed by atoms with E-state index >= 15 is 0 Å². The molecule has 1 amide bonds. The van der Waals surface area contributed by atoms with Gasteiger partial charge in [-0.25, -0.2) is 8.42 Å². The highest BCUT2D eigenvalue weighted by Crippen LogP contribution is 2.08. The zero-order chi connectivity index (χ0) is 15.9. The van der Waals surface area contributed by atoms with Crippen LogP contribution in [0.2, 0.25) is 0 Å². The number of amides is 1. The summed E-state index contributed by atoms with van der Waals surface area (Å²) in [6.45, 7) is 0.574. The molecule has 0 bridgehead atoms. The number of sulfone groups is 1. The summed E-state index contributed by atoms with van der Waals surface area (Å²) in [6, 6.07) is 6.41. The van der Waals surface area contributed by atoms with E-state index in [1.54, 1.807) is 24.3 Å². The van der Waals surface area contributed by atoms with Gasteiger partial charge in [0.2, 0.25) is 0 Å². The molecule has 0 heterocycles. The molecule has 1 unspecified atom stereocenters. The van der Waals surface area contributed by atoms with E-state index in [4.69, 9.17) is 4.74 Å². The lowest BCUT2D eigenvalue weighted by molar-refractivity contribution is 0.0587. The van der Waals surface area contributed by atoms with E-state index in [1.165, 1.54) is 13.4 Å². The Morgan fingerprint density at radius 1 is 1.33 bits per heavy atom. The first-order valence-electron chi connectivity index (χ1n) is 6.53. The summed E-state index contributed by atoms with van der Waals surface area (Å²) in [5.41, 5.74) is 1.10. The van der Waals surface area contributed by atoms with Crippen LogP contribution >= 0.6 is 0 Å². The summed E-state index contributed by atoms with van der Waals surface area (Å²) in [7, 11) is -1.58. The molecule has 1 rings (SSSR count). The van der Waals surface area contributed by atoms with Crippen LogP contribution in [0, 0.1) is 0 Å². The lowest BCUT2D eigenvalue weighted by atomic mass is 10.1. The molecular weight excluding hydrogens is 294 g/mol. The highest BCUT2D eigenvalue weighted by molar-refractivity contribution is 7.89. The molecule has 1 aromatic carbocycles. The third-order valence-electron chi connectivity index (χ3n) is 2.77. The Bertz CT molecular complexity index is 553. The van der Waals surface area contributed by atoms with Gasteiger partial charge >= 0.3 is 0 Å². The van der Waals surface area contributed by atoms with Gasteiger partial charge in [0.05, 0.1) is 18.5 Å². The number of nitrogens with one attached hydrogen (secondary N) is 1. The number of carbonyl (C=O) groups is 1. The summed E-state index contributed by atoms with van der Waals surface area (Å²) in [6.07, 6.45) is 0.970. The van der Waals surface area contributed by atoms with Crippen LogP contribution < -0.4 is 5.32 Å². The summed E-state index contributed by atoms with van der Waals surface area (Å²) < 4.78 is 27.1. The maximum Gasteiger partial charge on any atom is 0.251 e. The minimum Gasteiger partial charge on any atom is -0.391 e. The number of hydrogen-bond acceptors (Lipinski definition) is 5. The van der Waals surface area contributed by atoms with Gasteiger partial charge in [0.15, 0.2) is 9.84 Å². The van der Waals surface area contributed by atoms with Crippen molar-refractivity contribution >= 4 is 15.7 Å². The van der Waals surface area contributed by atoms with Gasteiger partial charge in [-0.3, -0.25) is 4.79 Å². The summed E-state index contributed by atoms with van der Waals surface area (Å²) in [4.78, 5) is 11.8. The van der Waals surface area contributed by atoms with E-state index in [0.29, 0.717) is 24.1 Å². The Balaban J connectivity index is 2.48. The topological polar surface area (TPSA) is 92.7 Å². The lowest BCUT2D eigenvalue weighted by Gasteiger charge is -2.10. The Hall–Kier alpha value is -1.44. The maximum absolute atomic E-state index is 11.8. The van der Waals surface area contributed by atoms with Crippen molar-refractivity contribution in [2.75, 3.05) is 26.5 Å². The molecule has 0 saturated carbocycles. The zero-order valence-electron chi connectivity index (χ0n) is 12.2.